The van der Waals surface area contributed by atoms with E-state index in [1.54, 1.807) is 39.1 Å². The molecule has 0 spiro atoms. The quantitative estimate of drug-likeness (QED) is 0.0814. The number of fused-ring (bicyclic) bond motifs is 6. The number of hydrazine groups is 1. The summed E-state index contributed by atoms with van der Waals surface area (Å²) in [4.78, 5) is 80.5. The predicted octanol–water partition coefficient (Wildman–Crippen LogP) is 7.45. The minimum Gasteiger partial charge on any atom is -0.464 e. The molecule has 0 aliphatic carbocycles. The molecule has 3 saturated heterocycles. The highest BCUT2D eigenvalue weighted by molar-refractivity contribution is 5.97. The number of carbonyl (C=O) groups excluding carboxylic acids is 5. The minimum absolute atomic E-state index is 0.0832. The van der Waals surface area contributed by atoms with Crippen LogP contribution in [-0.2, 0) is 52.8 Å². The second-order valence-electron chi connectivity index (χ2n) is 22.5. The number of carbonyl (C=O) groups is 5. The van der Waals surface area contributed by atoms with Crippen molar-refractivity contribution in [1.29, 1.82) is 0 Å². The van der Waals surface area contributed by atoms with Gasteiger partial charge in [-0.15, -0.1) is 0 Å². The van der Waals surface area contributed by atoms with Gasteiger partial charge >= 0.3 is 5.97 Å². The van der Waals surface area contributed by atoms with Crippen LogP contribution in [0.3, 0.4) is 0 Å². The molecule has 5 atom stereocenters. The molecule has 0 saturated carbocycles. The van der Waals surface area contributed by atoms with Crippen molar-refractivity contribution in [2.45, 2.75) is 143 Å². The monoisotopic (exact) mass is 1050 g/mol. The molecule has 3 fully saturated rings. The average molecular weight is 1050 g/mol. The molecule has 0 unspecified atom stereocenters. The molecule has 2 aromatic carbocycles. The van der Waals surface area contributed by atoms with Crippen LogP contribution in [-0.4, -0.2) is 149 Å². The molecule has 4 amide bonds. The van der Waals surface area contributed by atoms with Gasteiger partial charge in [0.05, 0.1) is 42.1 Å². The Balaban J connectivity index is 1.20. The highest BCUT2D eigenvalue weighted by Gasteiger charge is 2.44. The molecular weight excluding hydrogens is 971 g/mol. The number of nitrogens with one attached hydrogen (secondary N) is 2. The van der Waals surface area contributed by atoms with E-state index in [4.69, 9.17) is 14.5 Å². The fourth-order valence-corrected chi connectivity index (χ4v) is 11.2. The van der Waals surface area contributed by atoms with Crippen molar-refractivity contribution in [2.75, 3.05) is 53.5 Å². The zero-order valence-corrected chi connectivity index (χ0v) is 46.4. The first-order valence-electron chi connectivity index (χ1n) is 26.8. The zero-order chi connectivity index (χ0) is 55.4. The van der Waals surface area contributed by atoms with E-state index in [1.165, 1.54) is 14.8 Å². The molecule has 2 N–H and O–H groups in total. The number of halogens is 2. The number of rotatable bonds is 12. The number of nitrogens with zero attached hydrogens (tertiary/aromatic N) is 6. The number of cyclic esters (lactones) is 1. The van der Waals surface area contributed by atoms with Gasteiger partial charge in [-0.2, -0.15) is 0 Å². The van der Waals surface area contributed by atoms with Gasteiger partial charge in [0, 0.05) is 87.8 Å². The van der Waals surface area contributed by atoms with E-state index in [2.05, 4.69) is 72.7 Å². The number of methoxy groups -OCH3 is 1. The van der Waals surface area contributed by atoms with E-state index in [9.17, 15) is 32.8 Å². The molecule has 6 bridgehead atoms. The second kappa shape index (κ2) is 23.6. The predicted molar refractivity (Wildman–Crippen MR) is 292 cm³/mol. The van der Waals surface area contributed by atoms with Crippen LogP contribution in [0, 0.1) is 29.1 Å². The number of hydrogen-bond donors (Lipinski definition) is 2. The maximum absolute atomic E-state index is 14.9. The topological polar surface area (TPSA) is 158 Å². The van der Waals surface area contributed by atoms with Crippen LogP contribution in [0.4, 0.5) is 8.78 Å². The lowest BCUT2D eigenvalue weighted by molar-refractivity contribution is -0.155. The maximum atomic E-state index is 14.9. The fourth-order valence-electron chi connectivity index (χ4n) is 11.2. The first-order valence-corrected chi connectivity index (χ1v) is 26.8. The van der Waals surface area contributed by atoms with Gasteiger partial charge in [-0.05, 0) is 107 Å². The number of aryl methyl sites for hydroxylation is 1. The molecule has 76 heavy (non-hydrogen) atoms. The number of amides is 4. The van der Waals surface area contributed by atoms with Crippen LogP contribution in [0.5, 0.6) is 0 Å². The zero-order valence-electron chi connectivity index (χ0n) is 46.4. The smallest absolute Gasteiger partial charge is 0.324 e. The van der Waals surface area contributed by atoms with E-state index in [-0.39, 0.29) is 63.6 Å². The Kier molecular flexibility index (Phi) is 17.8. The summed E-state index contributed by atoms with van der Waals surface area (Å²) in [5.41, 5.74) is 8.86. The molecule has 17 heteroatoms. The molecule has 4 aliphatic heterocycles. The van der Waals surface area contributed by atoms with Gasteiger partial charge in [0.25, 0.3) is 17.7 Å². The number of ether oxygens (including phenoxy) is 2. The Morgan fingerprint density at radius 1 is 1.08 bits per heavy atom. The van der Waals surface area contributed by atoms with Crippen LogP contribution in [0.25, 0.3) is 27.6 Å². The highest BCUT2D eigenvalue weighted by Crippen LogP contribution is 2.40. The number of allylic oxidation sites excluding steroid dienone is 2. The lowest BCUT2D eigenvalue weighted by atomic mass is 9.84. The molecule has 1 aromatic heterocycles. The Morgan fingerprint density at radius 2 is 1.82 bits per heavy atom. The number of alkyl halides is 2. The number of hydrogen-bond acceptors (Lipinski definition) is 10. The van der Waals surface area contributed by atoms with Crippen molar-refractivity contribution in [1.82, 2.24) is 35.0 Å². The van der Waals surface area contributed by atoms with Crippen molar-refractivity contribution in [3.8, 4) is 23.0 Å². The lowest BCUT2D eigenvalue weighted by Crippen LogP contribution is -2.62. The van der Waals surface area contributed by atoms with Crippen molar-refractivity contribution in [2.24, 2.45) is 22.2 Å². The molecule has 0 radical (unpaired) electrons. The van der Waals surface area contributed by atoms with Crippen molar-refractivity contribution in [3.63, 3.8) is 0 Å². The molecule has 5 heterocycles. The molecule has 3 aromatic rings. The summed E-state index contributed by atoms with van der Waals surface area (Å²) in [6.07, 6.45) is 4.91. The molecule has 4 aliphatic rings. The van der Waals surface area contributed by atoms with Gasteiger partial charge < -0.3 is 29.2 Å². The van der Waals surface area contributed by atoms with Gasteiger partial charge in [-0.1, -0.05) is 76.6 Å². The highest BCUT2D eigenvalue weighted by atomic mass is 19.3. The lowest BCUT2D eigenvalue weighted by Gasteiger charge is -2.37. The summed E-state index contributed by atoms with van der Waals surface area (Å²) < 4.78 is 42.2. The summed E-state index contributed by atoms with van der Waals surface area (Å²) in [7, 11) is 3.23. The van der Waals surface area contributed by atoms with Crippen LogP contribution in [0.1, 0.15) is 105 Å². The van der Waals surface area contributed by atoms with E-state index >= 15 is 0 Å². The SMILES string of the molecule is C=C/C(=C(\N=C/C)[C@H](C)OC)c1c2c3cc(ccc3n1CC)-c1cccc(c1)C[C@H](NC(=O)[C@H](C(C)C)N(C)C(=O)[C@H]1CCN(C(=O)C#CC(C)(C)N3CCC(F)(F)C3)C1)C(=O)N1CCC[C@H](N1)C(=O)OCC(C)(C)C2. The van der Waals surface area contributed by atoms with Gasteiger partial charge in [0.1, 0.15) is 18.1 Å². The van der Waals surface area contributed by atoms with Crippen LogP contribution >= 0.6 is 0 Å². The number of likely N-dealkylation sites (N-methyl/N-ethyl adjacent to an activating group) is 1. The van der Waals surface area contributed by atoms with Gasteiger partial charge in [0.15, 0.2) is 0 Å². The molecular formula is C59H78F2N8O7. The first-order chi connectivity index (χ1) is 35.9. The van der Waals surface area contributed by atoms with Gasteiger partial charge in [-0.25, -0.2) is 14.2 Å². The third kappa shape index (κ3) is 12.6. The van der Waals surface area contributed by atoms with Gasteiger partial charge in [0.2, 0.25) is 11.8 Å². The second-order valence-corrected chi connectivity index (χ2v) is 22.5. The third-order valence-corrected chi connectivity index (χ3v) is 15.5. The largest absolute Gasteiger partial charge is 0.464 e. The summed E-state index contributed by atoms with van der Waals surface area (Å²) in [6.45, 7) is 22.6. The van der Waals surface area contributed by atoms with Crippen LogP contribution in [0.2, 0.25) is 0 Å². The number of aromatic nitrogens is 1. The van der Waals surface area contributed by atoms with Crippen LogP contribution in [0.15, 0.2) is 65.8 Å². The molecule has 7 rings (SSSR count). The van der Waals surface area contributed by atoms with Crippen molar-refractivity contribution < 1.29 is 42.2 Å². The summed E-state index contributed by atoms with van der Waals surface area (Å²) in [5.74, 6) is -0.565. The number of aliphatic imine (C=N–C) groups is 1. The van der Waals surface area contributed by atoms with E-state index in [0.29, 0.717) is 32.2 Å². The number of esters is 1. The van der Waals surface area contributed by atoms with Gasteiger partial charge in [-0.3, -0.25) is 38.9 Å². The van der Waals surface area contributed by atoms with Crippen molar-refractivity contribution >= 4 is 52.3 Å². The Hall–Kier alpha value is -6.22. The molecule has 15 nitrogen and oxygen atoms in total. The normalized spacial score (nSPS) is 22.4. The first kappa shape index (κ1) is 57.5. The Labute approximate surface area is 447 Å². The van der Waals surface area contributed by atoms with Crippen molar-refractivity contribution in [3.05, 3.63) is 77.6 Å². The number of benzene rings is 2. The van der Waals surface area contributed by atoms with E-state index in [1.807, 2.05) is 58.0 Å². The average Bonchev–Trinajstić information content (AvgIpc) is 4.12. The van der Waals surface area contributed by atoms with Crippen LogP contribution < -0.4 is 10.7 Å². The van der Waals surface area contributed by atoms with E-state index < -0.39 is 71.2 Å². The standard InChI is InChI=1S/C59H78F2N8O7/c1-13-43(50(62-14-2)38(6)75-12)52-45-33-57(7,8)36-76-56(74)46-20-17-27-69(64-46)55(73)47(31-39-18-16-19-40(30-39)41-21-22-48(44(45)32-41)68(52)15-3)63-53(71)51(37(4)5)65(11)54(72)42-24-28-66(34-42)49(70)23-25-58(9,10)67-29-26-59(60,61)35-67/h13-14,16,18-19,21-22,30,32,37-38,42,46-47,51,64H,1,15,17,20,24,26-29,31,33-36H2,2-12H3,(H,63,71)/b50-43+,62-14-/t38-,42-,46-,47-,51-/m0/s1. The maximum Gasteiger partial charge on any atom is 0.324 e. The summed E-state index contributed by atoms with van der Waals surface area (Å²) >= 11 is 0. The molecule has 410 valence electrons. The minimum atomic E-state index is -2.80. The summed E-state index contributed by atoms with van der Waals surface area (Å²) in [6, 6.07) is 11.4. The Bertz CT molecular complexity index is 2840. The Morgan fingerprint density at radius 3 is 2.47 bits per heavy atom. The van der Waals surface area contributed by atoms with E-state index in [0.717, 1.165) is 50.1 Å². The fraction of sp³-hybridized carbons (Fsp3) is 0.559. The number of likely N-dealkylation sites (tertiary alicyclic amines) is 2. The summed E-state index contributed by atoms with van der Waals surface area (Å²) in [5, 5.41) is 5.48. The third-order valence-electron chi connectivity index (χ3n) is 15.5.